The second-order valence-corrected chi connectivity index (χ2v) is 8.32. The lowest BCUT2D eigenvalue weighted by Crippen LogP contribution is -2.30. The van der Waals surface area contributed by atoms with Crippen molar-refractivity contribution in [2.24, 2.45) is 11.8 Å². The van der Waals surface area contributed by atoms with E-state index in [0.29, 0.717) is 23.1 Å². The largest absolute Gasteiger partial charge is 0.486 e. The van der Waals surface area contributed by atoms with Crippen LogP contribution < -0.4 is 10.1 Å². The summed E-state index contributed by atoms with van der Waals surface area (Å²) in [5, 5.41) is 13.0. The minimum atomic E-state index is -0.364. The van der Waals surface area contributed by atoms with Gasteiger partial charge in [0.1, 0.15) is 11.9 Å². The molecule has 0 aromatic heterocycles. The van der Waals surface area contributed by atoms with Crippen LogP contribution in [0.3, 0.4) is 0 Å². The van der Waals surface area contributed by atoms with Crippen LogP contribution in [0.15, 0.2) is 46.9 Å². The first kappa shape index (κ1) is 17.2. The van der Waals surface area contributed by atoms with Gasteiger partial charge in [-0.2, -0.15) is 0 Å². The van der Waals surface area contributed by atoms with Crippen LogP contribution in [0.2, 0.25) is 0 Å². The molecule has 3 aliphatic rings. The Hall–Kier alpha value is -1.89. The lowest BCUT2D eigenvalue weighted by Gasteiger charge is -2.17. The van der Waals surface area contributed by atoms with Crippen molar-refractivity contribution in [2.75, 3.05) is 19.8 Å². The average molecular weight is 430 g/mol. The summed E-state index contributed by atoms with van der Waals surface area (Å²) in [5.41, 5.74) is 2.60. The highest BCUT2D eigenvalue weighted by Crippen LogP contribution is 2.47. The van der Waals surface area contributed by atoms with E-state index in [1.807, 2.05) is 36.4 Å². The molecule has 1 saturated heterocycles. The van der Waals surface area contributed by atoms with Crippen molar-refractivity contribution in [3.8, 4) is 5.75 Å². The predicted molar refractivity (Wildman–Crippen MR) is 103 cm³/mol. The molecule has 27 heavy (non-hydrogen) atoms. The molecule has 2 aromatic carbocycles. The molecule has 6 heteroatoms. The zero-order valence-corrected chi connectivity index (χ0v) is 16.2. The normalized spacial score (nSPS) is 30.4. The molecule has 0 spiro atoms. The van der Waals surface area contributed by atoms with Crippen LogP contribution in [0.1, 0.15) is 27.4 Å². The van der Waals surface area contributed by atoms with E-state index in [-0.39, 0.29) is 30.6 Å². The van der Waals surface area contributed by atoms with Gasteiger partial charge in [0.15, 0.2) is 0 Å². The Bertz CT molecular complexity index is 877. The number of amides is 1. The van der Waals surface area contributed by atoms with E-state index < -0.39 is 0 Å². The summed E-state index contributed by atoms with van der Waals surface area (Å²) in [4.78, 5) is 12.8. The molecule has 1 aliphatic carbocycles. The van der Waals surface area contributed by atoms with E-state index in [0.717, 1.165) is 28.8 Å². The van der Waals surface area contributed by atoms with Crippen LogP contribution in [0, 0.1) is 11.8 Å². The first-order valence-corrected chi connectivity index (χ1v) is 10.0. The number of hydrogen-bond donors (Lipinski definition) is 2. The number of halogens is 1. The van der Waals surface area contributed by atoms with Crippen LogP contribution in [-0.4, -0.2) is 43.0 Å². The number of aliphatic hydroxyl groups is 1. The third-order valence-electron chi connectivity index (χ3n) is 5.90. The van der Waals surface area contributed by atoms with E-state index in [2.05, 4.69) is 21.2 Å². The Kier molecular flexibility index (Phi) is 4.22. The van der Waals surface area contributed by atoms with E-state index in [4.69, 9.17) is 9.47 Å². The molecule has 1 saturated carbocycles. The number of benzene rings is 2. The number of carbonyl (C=O) groups excluding carboxylic acids is 1. The van der Waals surface area contributed by atoms with Crippen molar-refractivity contribution in [3.63, 3.8) is 0 Å². The highest BCUT2D eigenvalue weighted by molar-refractivity contribution is 9.10. The fourth-order valence-corrected chi connectivity index (χ4v) is 4.98. The predicted octanol–water partition coefficient (Wildman–Crippen LogP) is 2.71. The average Bonchev–Trinajstić information content (AvgIpc) is 3.05. The van der Waals surface area contributed by atoms with Crippen LogP contribution >= 0.6 is 15.9 Å². The molecule has 0 unspecified atom stereocenters. The summed E-state index contributed by atoms with van der Waals surface area (Å²) in [6.45, 7) is 1.39. The molecule has 5 atom stereocenters. The zero-order valence-electron chi connectivity index (χ0n) is 14.6. The standard InChI is InChI=1S/C21H20BrNO4/c22-16-7-12(21(25)23-19-14-9-26-10-15(14)19)6-13-18(11-4-2-1-3-5-11)17(8-24)27-20(13)16/h1-7,14-15,17-19,24H,8-10H2,(H,23,25)/t14-,15+,17-,18+,19+/m1/s1. The summed E-state index contributed by atoms with van der Waals surface area (Å²) in [7, 11) is 0. The van der Waals surface area contributed by atoms with Crippen molar-refractivity contribution >= 4 is 21.8 Å². The third-order valence-corrected chi connectivity index (χ3v) is 6.49. The Morgan fingerprint density at radius 2 is 1.93 bits per heavy atom. The number of nitrogens with one attached hydrogen (secondary N) is 1. The van der Waals surface area contributed by atoms with Gasteiger partial charge in [-0.25, -0.2) is 0 Å². The van der Waals surface area contributed by atoms with E-state index >= 15 is 0 Å². The van der Waals surface area contributed by atoms with Gasteiger partial charge in [-0.15, -0.1) is 0 Å². The van der Waals surface area contributed by atoms with Gasteiger partial charge in [0.2, 0.25) is 0 Å². The van der Waals surface area contributed by atoms with Crippen LogP contribution in [0.25, 0.3) is 0 Å². The van der Waals surface area contributed by atoms with E-state index in [1.54, 1.807) is 6.07 Å². The summed E-state index contributed by atoms with van der Waals surface area (Å²) in [5.74, 6) is 1.45. The first-order chi connectivity index (χ1) is 13.2. The summed E-state index contributed by atoms with van der Waals surface area (Å²) in [6, 6.07) is 13.9. The Labute approximate surface area is 165 Å². The number of hydrogen-bond acceptors (Lipinski definition) is 4. The van der Waals surface area contributed by atoms with Gasteiger partial charge >= 0.3 is 0 Å². The minimum Gasteiger partial charge on any atom is -0.486 e. The van der Waals surface area contributed by atoms with Crippen LogP contribution in [0.4, 0.5) is 0 Å². The second-order valence-electron chi connectivity index (χ2n) is 7.47. The van der Waals surface area contributed by atoms with Gasteiger partial charge in [-0.05, 0) is 33.6 Å². The third kappa shape index (κ3) is 2.87. The van der Waals surface area contributed by atoms with E-state index in [9.17, 15) is 9.90 Å². The summed E-state index contributed by atoms with van der Waals surface area (Å²) in [6.07, 6.45) is -0.364. The molecule has 2 fully saturated rings. The lowest BCUT2D eigenvalue weighted by atomic mass is 9.87. The molecule has 1 amide bonds. The van der Waals surface area contributed by atoms with Gasteiger partial charge in [0.25, 0.3) is 5.91 Å². The lowest BCUT2D eigenvalue weighted by molar-refractivity contribution is 0.0929. The van der Waals surface area contributed by atoms with Crippen molar-refractivity contribution in [3.05, 3.63) is 63.6 Å². The molecule has 2 N–H and O–H groups in total. The Balaban J connectivity index is 1.46. The van der Waals surface area contributed by atoms with Gasteiger partial charge < -0.3 is 19.9 Å². The second kappa shape index (κ2) is 6.62. The topological polar surface area (TPSA) is 67.8 Å². The fourth-order valence-electron chi connectivity index (χ4n) is 4.41. The van der Waals surface area contributed by atoms with Crippen molar-refractivity contribution in [1.82, 2.24) is 5.32 Å². The maximum Gasteiger partial charge on any atom is 0.251 e. The highest BCUT2D eigenvalue weighted by Gasteiger charge is 2.54. The van der Waals surface area contributed by atoms with Crippen molar-refractivity contribution in [1.29, 1.82) is 0 Å². The maximum atomic E-state index is 12.8. The molecule has 5 rings (SSSR count). The van der Waals surface area contributed by atoms with Gasteiger partial charge in [-0.1, -0.05) is 30.3 Å². The van der Waals surface area contributed by atoms with Gasteiger partial charge in [0.05, 0.1) is 30.2 Å². The van der Waals surface area contributed by atoms with Crippen LogP contribution in [-0.2, 0) is 4.74 Å². The van der Waals surface area contributed by atoms with Crippen molar-refractivity contribution < 1.29 is 19.4 Å². The molecule has 0 radical (unpaired) electrons. The molecule has 0 bridgehead atoms. The Morgan fingerprint density at radius 1 is 1.19 bits per heavy atom. The number of fused-ring (bicyclic) bond motifs is 2. The summed E-state index contributed by atoms with van der Waals surface area (Å²) < 4.78 is 12.1. The zero-order chi connectivity index (χ0) is 18.5. The maximum absolute atomic E-state index is 12.8. The Morgan fingerprint density at radius 3 is 2.63 bits per heavy atom. The highest BCUT2D eigenvalue weighted by atomic mass is 79.9. The minimum absolute atomic E-state index is 0.0721. The molecular formula is C21H20BrNO4. The number of rotatable bonds is 4. The number of aliphatic hydroxyl groups excluding tert-OH is 1. The van der Waals surface area contributed by atoms with Crippen LogP contribution in [0.5, 0.6) is 5.75 Å². The van der Waals surface area contributed by atoms with Gasteiger partial charge in [0, 0.05) is 29.0 Å². The SMILES string of the molecule is O=C(N[C@H]1[C@@H]2COC[C@@H]21)c1cc(Br)c2c(c1)[C@H](c1ccccc1)[C@@H](CO)O2. The van der Waals surface area contributed by atoms with E-state index in [1.165, 1.54) is 0 Å². The summed E-state index contributed by atoms with van der Waals surface area (Å²) >= 11 is 3.55. The van der Waals surface area contributed by atoms with Gasteiger partial charge in [-0.3, -0.25) is 4.79 Å². The molecule has 2 aliphatic heterocycles. The molecule has 2 aromatic rings. The fraction of sp³-hybridized carbons (Fsp3) is 0.381. The molecular weight excluding hydrogens is 410 g/mol. The van der Waals surface area contributed by atoms with Crippen molar-refractivity contribution in [2.45, 2.75) is 18.1 Å². The monoisotopic (exact) mass is 429 g/mol. The molecule has 140 valence electrons. The number of carbonyl (C=O) groups is 1. The quantitative estimate of drug-likeness (QED) is 0.783. The molecule has 5 nitrogen and oxygen atoms in total. The first-order valence-electron chi connectivity index (χ1n) is 9.22. The number of ether oxygens (including phenoxy) is 2. The molecule has 2 heterocycles. The smallest absolute Gasteiger partial charge is 0.251 e.